The number of hydrogen-bond donors (Lipinski definition) is 2. The van der Waals surface area contributed by atoms with E-state index >= 15 is 0 Å². The van der Waals surface area contributed by atoms with E-state index in [1.54, 1.807) is 38.1 Å². The molecule has 1 atom stereocenters. The minimum Gasteiger partial charge on any atom is -0.350 e. The fraction of sp³-hybridized carbons (Fsp3) is 0.375. The highest BCUT2D eigenvalue weighted by Crippen LogP contribution is 2.15. The summed E-state index contributed by atoms with van der Waals surface area (Å²) in [5.74, 6) is -3.75. The SMILES string of the molecule is CC(C)C(NC(=O)c1c(F)cccc1F)C(=O)NCc1ccc(C(=O)N2CCCC2)cc1. The van der Waals surface area contributed by atoms with Gasteiger partial charge in [0.1, 0.15) is 23.2 Å². The van der Waals surface area contributed by atoms with Gasteiger partial charge in [-0.15, -0.1) is 0 Å². The first-order valence-electron chi connectivity index (χ1n) is 10.7. The molecular weight excluding hydrogens is 416 g/mol. The van der Waals surface area contributed by atoms with Crippen molar-refractivity contribution in [3.63, 3.8) is 0 Å². The van der Waals surface area contributed by atoms with Crippen LogP contribution in [0.3, 0.4) is 0 Å². The summed E-state index contributed by atoms with van der Waals surface area (Å²) in [6, 6.07) is 9.15. The largest absolute Gasteiger partial charge is 0.350 e. The molecule has 0 bridgehead atoms. The molecule has 1 aliphatic rings. The molecule has 0 aliphatic carbocycles. The van der Waals surface area contributed by atoms with E-state index in [0.29, 0.717) is 5.56 Å². The second-order valence-corrected chi connectivity index (χ2v) is 8.21. The van der Waals surface area contributed by atoms with Gasteiger partial charge in [0.25, 0.3) is 11.8 Å². The molecule has 0 saturated carbocycles. The molecule has 3 rings (SSSR count). The lowest BCUT2D eigenvalue weighted by Crippen LogP contribution is -2.49. The number of hydrogen-bond acceptors (Lipinski definition) is 3. The summed E-state index contributed by atoms with van der Waals surface area (Å²) in [4.78, 5) is 39.3. The third kappa shape index (κ3) is 5.49. The molecule has 3 amide bonds. The fourth-order valence-corrected chi connectivity index (χ4v) is 3.63. The standard InChI is InChI=1S/C24H27F2N3O3/c1-15(2)21(28-22(30)20-18(25)6-5-7-19(20)26)23(31)27-14-16-8-10-17(11-9-16)24(32)29-12-3-4-13-29/h5-11,15,21H,3-4,12-14H2,1-2H3,(H,27,31)(H,28,30). The lowest BCUT2D eigenvalue weighted by Gasteiger charge is -2.22. The van der Waals surface area contributed by atoms with Gasteiger partial charge in [-0.3, -0.25) is 14.4 Å². The van der Waals surface area contributed by atoms with Crippen molar-refractivity contribution in [2.24, 2.45) is 5.92 Å². The van der Waals surface area contributed by atoms with E-state index in [1.165, 1.54) is 0 Å². The normalized spacial score (nSPS) is 14.3. The maximum absolute atomic E-state index is 13.9. The lowest BCUT2D eigenvalue weighted by atomic mass is 10.0. The van der Waals surface area contributed by atoms with Gasteiger partial charge in [0.15, 0.2) is 0 Å². The van der Waals surface area contributed by atoms with Crippen molar-refractivity contribution in [2.45, 2.75) is 39.3 Å². The second-order valence-electron chi connectivity index (χ2n) is 8.21. The summed E-state index contributed by atoms with van der Waals surface area (Å²) in [6.07, 6.45) is 2.04. The zero-order chi connectivity index (χ0) is 23.3. The molecule has 2 aromatic carbocycles. The van der Waals surface area contributed by atoms with Gasteiger partial charge < -0.3 is 15.5 Å². The number of carbonyl (C=O) groups is 3. The molecule has 0 spiro atoms. The Morgan fingerprint density at radius 2 is 1.56 bits per heavy atom. The first-order chi connectivity index (χ1) is 15.3. The van der Waals surface area contributed by atoms with Gasteiger partial charge in [-0.1, -0.05) is 32.0 Å². The van der Waals surface area contributed by atoms with Gasteiger partial charge in [0.2, 0.25) is 5.91 Å². The predicted molar refractivity (Wildman–Crippen MR) is 116 cm³/mol. The van der Waals surface area contributed by atoms with E-state index in [2.05, 4.69) is 10.6 Å². The summed E-state index contributed by atoms with van der Waals surface area (Å²) in [5.41, 5.74) is 0.663. The molecular formula is C24H27F2N3O3. The molecule has 1 unspecified atom stereocenters. The zero-order valence-electron chi connectivity index (χ0n) is 18.2. The van der Waals surface area contributed by atoms with Crippen LogP contribution >= 0.6 is 0 Å². The quantitative estimate of drug-likeness (QED) is 0.690. The molecule has 1 heterocycles. The summed E-state index contributed by atoms with van der Waals surface area (Å²) >= 11 is 0. The van der Waals surface area contributed by atoms with Gasteiger partial charge in [0.05, 0.1) is 0 Å². The number of carbonyl (C=O) groups excluding carboxylic acids is 3. The van der Waals surface area contributed by atoms with Crippen LogP contribution < -0.4 is 10.6 Å². The molecule has 2 N–H and O–H groups in total. The number of amides is 3. The lowest BCUT2D eigenvalue weighted by molar-refractivity contribution is -0.124. The Bertz CT molecular complexity index is 966. The summed E-state index contributed by atoms with van der Waals surface area (Å²) < 4.78 is 27.8. The molecule has 1 saturated heterocycles. The average molecular weight is 443 g/mol. The monoisotopic (exact) mass is 443 g/mol. The van der Waals surface area contributed by atoms with E-state index in [4.69, 9.17) is 0 Å². The van der Waals surface area contributed by atoms with Crippen molar-refractivity contribution in [1.82, 2.24) is 15.5 Å². The molecule has 0 radical (unpaired) electrons. The van der Waals surface area contributed by atoms with Crippen LogP contribution in [0.15, 0.2) is 42.5 Å². The van der Waals surface area contributed by atoms with E-state index in [1.807, 2.05) is 4.90 Å². The minimum atomic E-state index is -0.992. The minimum absolute atomic E-state index is 0.000969. The highest BCUT2D eigenvalue weighted by atomic mass is 19.1. The van der Waals surface area contributed by atoms with Crippen LogP contribution in [0.25, 0.3) is 0 Å². The van der Waals surface area contributed by atoms with Crippen LogP contribution in [0.5, 0.6) is 0 Å². The number of likely N-dealkylation sites (tertiary alicyclic amines) is 1. The Morgan fingerprint density at radius 1 is 0.969 bits per heavy atom. The van der Waals surface area contributed by atoms with Crippen molar-refractivity contribution in [2.75, 3.05) is 13.1 Å². The maximum Gasteiger partial charge on any atom is 0.257 e. The van der Waals surface area contributed by atoms with Crippen LogP contribution in [0.1, 0.15) is 53.0 Å². The molecule has 170 valence electrons. The number of benzene rings is 2. The molecule has 32 heavy (non-hydrogen) atoms. The van der Waals surface area contributed by atoms with Crippen molar-refractivity contribution >= 4 is 17.7 Å². The molecule has 0 aromatic heterocycles. The first-order valence-corrected chi connectivity index (χ1v) is 10.7. The van der Waals surface area contributed by atoms with E-state index in [9.17, 15) is 23.2 Å². The third-order valence-corrected chi connectivity index (χ3v) is 5.49. The van der Waals surface area contributed by atoms with Crippen LogP contribution in [-0.4, -0.2) is 41.8 Å². The van der Waals surface area contributed by atoms with E-state index in [0.717, 1.165) is 49.7 Å². The van der Waals surface area contributed by atoms with Gasteiger partial charge in [0, 0.05) is 25.2 Å². The summed E-state index contributed by atoms with van der Waals surface area (Å²) in [6.45, 7) is 5.18. The molecule has 1 aliphatic heterocycles. The zero-order valence-corrected chi connectivity index (χ0v) is 18.2. The second kappa shape index (κ2) is 10.3. The number of nitrogens with zero attached hydrogens (tertiary/aromatic N) is 1. The van der Waals surface area contributed by atoms with Crippen LogP contribution in [0, 0.1) is 17.6 Å². The Hall–Kier alpha value is -3.29. The van der Waals surface area contributed by atoms with Crippen LogP contribution in [0.2, 0.25) is 0 Å². The third-order valence-electron chi connectivity index (χ3n) is 5.49. The van der Waals surface area contributed by atoms with Crippen molar-refractivity contribution in [3.8, 4) is 0 Å². The number of nitrogens with one attached hydrogen (secondary N) is 2. The van der Waals surface area contributed by atoms with E-state index < -0.39 is 35.1 Å². The maximum atomic E-state index is 13.9. The first kappa shape index (κ1) is 23.4. The molecule has 6 nitrogen and oxygen atoms in total. The fourth-order valence-electron chi connectivity index (χ4n) is 3.63. The van der Waals surface area contributed by atoms with Gasteiger partial charge >= 0.3 is 0 Å². The van der Waals surface area contributed by atoms with E-state index in [-0.39, 0.29) is 18.4 Å². The van der Waals surface area contributed by atoms with Crippen molar-refractivity contribution in [1.29, 1.82) is 0 Å². The molecule has 2 aromatic rings. The highest BCUT2D eigenvalue weighted by Gasteiger charge is 2.27. The van der Waals surface area contributed by atoms with Crippen LogP contribution in [-0.2, 0) is 11.3 Å². The Kier molecular flexibility index (Phi) is 7.56. The highest BCUT2D eigenvalue weighted by molar-refractivity contribution is 5.98. The number of halogens is 2. The predicted octanol–water partition coefficient (Wildman–Crippen LogP) is 3.27. The van der Waals surface area contributed by atoms with Crippen LogP contribution in [0.4, 0.5) is 8.78 Å². The molecule has 1 fully saturated rings. The topological polar surface area (TPSA) is 78.5 Å². The Labute approximate surface area is 186 Å². The summed E-state index contributed by atoms with van der Waals surface area (Å²) in [7, 11) is 0. The van der Waals surface area contributed by atoms with Gasteiger partial charge in [-0.25, -0.2) is 8.78 Å². The Morgan fingerprint density at radius 3 is 2.12 bits per heavy atom. The van der Waals surface area contributed by atoms with Gasteiger partial charge in [-0.2, -0.15) is 0 Å². The average Bonchev–Trinajstić information content (AvgIpc) is 3.30. The smallest absolute Gasteiger partial charge is 0.257 e. The van der Waals surface area contributed by atoms with Gasteiger partial charge in [-0.05, 0) is 48.6 Å². The summed E-state index contributed by atoms with van der Waals surface area (Å²) in [5, 5.41) is 5.16. The number of rotatable bonds is 7. The molecule has 8 heteroatoms. The van der Waals surface area contributed by atoms with Crippen molar-refractivity contribution in [3.05, 3.63) is 70.8 Å². The Balaban J connectivity index is 1.60. The van der Waals surface area contributed by atoms with Crippen molar-refractivity contribution < 1.29 is 23.2 Å².